The maximum Gasteiger partial charge on any atom is 0.128 e. The highest BCUT2D eigenvalue weighted by Crippen LogP contribution is 2.52. The fraction of sp³-hybridized carbons (Fsp3) is 0.929. The number of rotatable bonds is 2. The standard InChI is InChI=1S/C28H49NO2/c1-3-27(4-2)15-13-11-9-7-5-6-8-10-12-14-16-28-17-18-30-22-23-19-24(21-27)26(31-29-28)25(28)20-23/h23,25,29H,3-22H2,1-2H3. The topological polar surface area (TPSA) is 30.5 Å². The largest absolute Gasteiger partial charge is 0.412 e. The van der Waals surface area contributed by atoms with E-state index < -0.39 is 0 Å². The molecule has 4 rings (SSSR count). The number of nitrogens with one attached hydrogen (secondary N) is 1. The van der Waals surface area contributed by atoms with Gasteiger partial charge in [-0.3, -0.25) is 0 Å². The van der Waals surface area contributed by atoms with Crippen molar-refractivity contribution >= 4 is 0 Å². The summed E-state index contributed by atoms with van der Waals surface area (Å²) in [7, 11) is 0. The lowest BCUT2D eigenvalue weighted by Crippen LogP contribution is -2.48. The van der Waals surface area contributed by atoms with E-state index in [1.807, 2.05) is 0 Å². The van der Waals surface area contributed by atoms with Crippen molar-refractivity contribution < 1.29 is 9.57 Å². The summed E-state index contributed by atoms with van der Waals surface area (Å²) in [5, 5.41) is 0. The Kier molecular flexibility index (Phi) is 8.42. The molecule has 2 fully saturated rings. The summed E-state index contributed by atoms with van der Waals surface area (Å²) >= 11 is 0. The van der Waals surface area contributed by atoms with Gasteiger partial charge < -0.3 is 9.57 Å². The highest BCUT2D eigenvalue weighted by Gasteiger charge is 2.52. The zero-order chi connectivity index (χ0) is 21.6. The molecule has 2 saturated heterocycles. The molecule has 3 atom stereocenters. The molecule has 0 radical (unpaired) electrons. The number of fused-ring (bicyclic) bond motifs is 1. The molecule has 3 heteroatoms. The molecule has 3 unspecified atom stereocenters. The van der Waals surface area contributed by atoms with E-state index in [2.05, 4.69) is 19.3 Å². The van der Waals surface area contributed by atoms with Gasteiger partial charge in [0.05, 0.1) is 5.54 Å². The van der Waals surface area contributed by atoms with Crippen LogP contribution in [0.1, 0.15) is 129 Å². The molecule has 0 aromatic rings. The van der Waals surface area contributed by atoms with Crippen LogP contribution in [0.25, 0.3) is 0 Å². The molecule has 1 N–H and O–H groups in total. The molecule has 0 saturated carbocycles. The van der Waals surface area contributed by atoms with E-state index in [4.69, 9.17) is 9.57 Å². The molecule has 31 heavy (non-hydrogen) atoms. The summed E-state index contributed by atoms with van der Waals surface area (Å²) in [6.07, 6.45) is 24.2. The third-order valence-electron chi connectivity index (χ3n) is 9.51. The minimum atomic E-state index is 0.117. The van der Waals surface area contributed by atoms with Gasteiger partial charge in [-0.25, -0.2) is 0 Å². The fourth-order valence-electron chi connectivity index (χ4n) is 7.18. The van der Waals surface area contributed by atoms with Gasteiger partial charge >= 0.3 is 0 Å². The Labute approximate surface area is 192 Å². The van der Waals surface area contributed by atoms with Crippen molar-refractivity contribution in [3.05, 3.63) is 11.3 Å². The van der Waals surface area contributed by atoms with E-state index in [1.54, 1.807) is 5.57 Å². The van der Waals surface area contributed by atoms with Crippen molar-refractivity contribution in [3.8, 4) is 0 Å². The van der Waals surface area contributed by atoms with Crippen LogP contribution >= 0.6 is 0 Å². The molecule has 0 aromatic carbocycles. The van der Waals surface area contributed by atoms with Gasteiger partial charge in [0.25, 0.3) is 0 Å². The second kappa shape index (κ2) is 11.1. The van der Waals surface area contributed by atoms with Crippen molar-refractivity contribution in [2.24, 2.45) is 17.3 Å². The molecule has 5 bridgehead atoms. The van der Waals surface area contributed by atoms with E-state index in [-0.39, 0.29) is 5.54 Å². The van der Waals surface area contributed by atoms with Crippen LogP contribution in [0.2, 0.25) is 0 Å². The van der Waals surface area contributed by atoms with Crippen LogP contribution in [-0.4, -0.2) is 18.8 Å². The normalized spacial score (nSPS) is 35.5. The summed E-state index contributed by atoms with van der Waals surface area (Å²) in [6.45, 7) is 6.71. The molecule has 2 heterocycles. The van der Waals surface area contributed by atoms with Gasteiger partial charge in [0, 0.05) is 19.1 Å². The Balaban J connectivity index is 1.59. The summed E-state index contributed by atoms with van der Waals surface area (Å²) in [6, 6.07) is 0. The zero-order valence-electron chi connectivity index (χ0n) is 20.6. The SMILES string of the molecule is CCC1(CC)CCCCCCCCCCCCC23CCOCC4CC(=C(ON2)C3C4)C1. The van der Waals surface area contributed by atoms with Crippen LogP contribution in [0.3, 0.4) is 0 Å². The van der Waals surface area contributed by atoms with E-state index in [0.717, 1.165) is 19.6 Å². The molecule has 0 spiro atoms. The molecule has 2 aliphatic carbocycles. The Morgan fingerprint density at radius 3 is 2.16 bits per heavy atom. The van der Waals surface area contributed by atoms with Gasteiger partial charge in [0.15, 0.2) is 0 Å². The Morgan fingerprint density at radius 2 is 1.48 bits per heavy atom. The van der Waals surface area contributed by atoms with Gasteiger partial charge in [0.2, 0.25) is 0 Å². The van der Waals surface area contributed by atoms with Crippen LogP contribution < -0.4 is 5.48 Å². The molecular weight excluding hydrogens is 382 g/mol. The maximum absolute atomic E-state index is 6.44. The van der Waals surface area contributed by atoms with Crippen LogP contribution in [-0.2, 0) is 9.57 Å². The van der Waals surface area contributed by atoms with E-state index >= 15 is 0 Å². The van der Waals surface area contributed by atoms with Crippen molar-refractivity contribution in [2.45, 2.75) is 135 Å². The van der Waals surface area contributed by atoms with Gasteiger partial charge in [-0.05, 0) is 55.4 Å². The molecule has 0 aromatic heterocycles. The quantitative estimate of drug-likeness (QED) is 0.483. The molecule has 2 aliphatic heterocycles. The van der Waals surface area contributed by atoms with E-state index in [0.29, 0.717) is 17.3 Å². The molecule has 3 nitrogen and oxygen atoms in total. The first-order chi connectivity index (χ1) is 15.2. The molecule has 178 valence electrons. The van der Waals surface area contributed by atoms with Crippen LogP contribution in [0.4, 0.5) is 0 Å². The minimum absolute atomic E-state index is 0.117. The summed E-state index contributed by atoms with van der Waals surface area (Å²) in [5.41, 5.74) is 5.86. The first kappa shape index (κ1) is 23.6. The first-order valence-electron chi connectivity index (χ1n) is 13.9. The average Bonchev–Trinajstić information content (AvgIpc) is 3.11. The Hall–Kier alpha value is -0.540. The number of allylic oxidation sites excluding steroid dienone is 1. The summed E-state index contributed by atoms with van der Waals surface area (Å²) in [4.78, 5) is 6.44. The molecule has 0 amide bonds. The van der Waals surface area contributed by atoms with E-state index in [9.17, 15) is 0 Å². The number of hydrogen-bond acceptors (Lipinski definition) is 3. The highest BCUT2D eigenvalue weighted by molar-refractivity contribution is 5.25. The van der Waals surface area contributed by atoms with Crippen LogP contribution in [0.15, 0.2) is 11.3 Å². The van der Waals surface area contributed by atoms with Crippen molar-refractivity contribution in [2.75, 3.05) is 13.2 Å². The number of hydroxylamine groups is 1. The summed E-state index contributed by atoms with van der Waals surface area (Å²) < 4.78 is 6.18. The average molecular weight is 432 g/mol. The van der Waals surface area contributed by atoms with Crippen molar-refractivity contribution in [1.29, 1.82) is 0 Å². The van der Waals surface area contributed by atoms with Gasteiger partial charge in [-0.2, -0.15) is 5.48 Å². The predicted molar refractivity (Wildman–Crippen MR) is 129 cm³/mol. The second-order valence-electron chi connectivity index (χ2n) is 11.4. The monoisotopic (exact) mass is 431 g/mol. The van der Waals surface area contributed by atoms with Crippen molar-refractivity contribution in [1.82, 2.24) is 5.48 Å². The third-order valence-corrected chi connectivity index (χ3v) is 9.51. The highest BCUT2D eigenvalue weighted by atomic mass is 16.7. The first-order valence-corrected chi connectivity index (χ1v) is 13.9. The van der Waals surface area contributed by atoms with Crippen LogP contribution in [0.5, 0.6) is 0 Å². The lowest BCUT2D eigenvalue weighted by Gasteiger charge is -2.41. The minimum Gasteiger partial charge on any atom is -0.412 e. The molecular formula is C28H49NO2. The maximum atomic E-state index is 6.44. The molecule has 4 aliphatic rings. The smallest absolute Gasteiger partial charge is 0.128 e. The van der Waals surface area contributed by atoms with E-state index in [1.165, 1.54) is 115 Å². The van der Waals surface area contributed by atoms with Gasteiger partial charge in [-0.15, -0.1) is 0 Å². The predicted octanol–water partition coefficient (Wildman–Crippen LogP) is 7.85. The fourth-order valence-corrected chi connectivity index (χ4v) is 7.18. The lowest BCUT2D eigenvalue weighted by molar-refractivity contribution is 0.0190. The zero-order valence-corrected chi connectivity index (χ0v) is 20.6. The number of ether oxygens (including phenoxy) is 1. The number of hydrogen-bond donors (Lipinski definition) is 1. The Bertz CT molecular complexity index is 596. The summed E-state index contributed by atoms with van der Waals surface area (Å²) in [5.74, 6) is 2.63. The third kappa shape index (κ3) is 5.52. The van der Waals surface area contributed by atoms with Crippen molar-refractivity contribution in [3.63, 3.8) is 0 Å². The van der Waals surface area contributed by atoms with Gasteiger partial charge in [-0.1, -0.05) is 90.9 Å². The van der Waals surface area contributed by atoms with Gasteiger partial charge in [0.1, 0.15) is 5.76 Å². The lowest BCUT2D eigenvalue weighted by atomic mass is 9.65. The second-order valence-corrected chi connectivity index (χ2v) is 11.4. The Morgan fingerprint density at radius 1 is 0.839 bits per heavy atom. The van der Waals surface area contributed by atoms with Crippen LogP contribution in [0, 0.1) is 17.3 Å².